The topological polar surface area (TPSA) is 106 Å². The van der Waals surface area contributed by atoms with Gasteiger partial charge in [0.1, 0.15) is 0 Å². The second kappa shape index (κ2) is 22.4. The molecule has 244 valence electrons. The fourth-order valence-electron chi connectivity index (χ4n) is 4.62. The largest absolute Gasteiger partial charge is 0.504 e. The van der Waals surface area contributed by atoms with Gasteiger partial charge in [-0.2, -0.15) is 0 Å². The molecule has 0 amide bonds. The molecule has 1 aliphatic rings. The molecule has 0 aliphatic heterocycles. The van der Waals surface area contributed by atoms with Crippen LogP contribution in [0.2, 0.25) is 0 Å². The molecule has 0 radical (unpaired) electrons. The number of hydroxylamine groups is 1. The van der Waals surface area contributed by atoms with Crippen molar-refractivity contribution in [2.24, 2.45) is 5.92 Å². The van der Waals surface area contributed by atoms with Crippen LogP contribution >= 0.6 is 21.2 Å². The number of hydrogen-bond donors (Lipinski definition) is 6. The molecule has 0 heterocycles. The van der Waals surface area contributed by atoms with E-state index in [-0.39, 0.29) is 23.8 Å². The van der Waals surface area contributed by atoms with Gasteiger partial charge in [-0.25, -0.2) is 5.48 Å². The van der Waals surface area contributed by atoms with Crippen LogP contribution < -0.4 is 20.3 Å². The van der Waals surface area contributed by atoms with E-state index in [0.717, 1.165) is 30.4 Å². The lowest BCUT2D eigenvalue weighted by Gasteiger charge is -2.24. The first-order chi connectivity index (χ1) is 21.3. The summed E-state index contributed by atoms with van der Waals surface area (Å²) in [6.45, 7) is 10.3. The molecule has 0 saturated carbocycles. The second-order valence-electron chi connectivity index (χ2n) is 11.2. The van der Waals surface area contributed by atoms with Gasteiger partial charge in [-0.15, -0.1) is 9.24 Å². The number of aliphatic hydroxyl groups excluding tert-OH is 1. The molecular weight excluding hydrogens is 589 g/mol. The third kappa shape index (κ3) is 14.3. The van der Waals surface area contributed by atoms with Crippen molar-refractivity contribution in [1.82, 2.24) is 15.5 Å². The highest BCUT2D eigenvalue weighted by Crippen LogP contribution is 2.32. The van der Waals surface area contributed by atoms with Gasteiger partial charge in [-0.3, -0.25) is 4.72 Å². The van der Waals surface area contributed by atoms with E-state index in [1.54, 1.807) is 12.1 Å². The van der Waals surface area contributed by atoms with Crippen LogP contribution in [0.1, 0.15) is 69.2 Å². The van der Waals surface area contributed by atoms with Gasteiger partial charge in [-0.05, 0) is 86.1 Å². The van der Waals surface area contributed by atoms with Gasteiger partial charge >= 0.3 is 0 Å². The minimum absolute atomic E-state index is 0.0439. The Bertz CT molecular complexity index is 1170. The number of aliphatic hydroxyl groups is 1. The fourth-order valence-corrected chi connectivity index (χ4v) is 5.53. The molecule has 9 heteroatoms. The molecule has 3 aromatic carbocycles. The average Bonchev–Trinajstić information content (AvgIpc) is 3.40. The number of aryl methyl sites for hydroxylation is 1. The van der Waals surface area contributed by atoms with Crippen LogP contribution in [0.5, 0.6) is 11.5 Å². The number of unbranched alkanes of at least 4 members (excludes halogenated alkanes) is 1. The predicted octanol–water partition coefficient (Wildman–Crippen LogP) is 7.06. The molecule has 0 saturated heterocycles. The number of rotatable bonds is 15. The number of hydrogen-bond acceptors (Lipinski definition) is 8. The highest BCUT2D eigenvalue weighted by atomic mass is 32.2. The summed E-state index contributed by atoms with van der Waals surface area (Å²) in [5, 5.41) is 33.5. The summed E-state index contributed by atoms with van der Waals surface area (Å²) in [6, 6.07) is 23.8. The van der Waals surface area contributed by atoms with E-state index < -0.39 is 6.10 Å². The van der Waals surface area contributed by atoms with Crippen molar-refractivity contribution in [3.8, 4) is 11.5 Å². The monoisotopic (exact) mass is 643 g/mol. The molecular formula is C35H54N3O4PS. The third-order valence-electron chi connectivity index (χ3n) is 7.25. The normalized spacial score (nSPS) is 16.5. The molecule has 7 nitrogen and oxygen atoms in total. The summed E-state index contributed by atoms with van der Waals surface area (Å²) in [5.74, 6) is 0.877. The maximum absolute atomic E-state index is 10.5. The Kier molecular flexibility index (Phi) is 19.3. The Labute approximate surface area is 271 Å². The molecule has 0 bridgehead atoms. The van der Waals surface area contributed by atoms with Crippen LogP contribution in [0.25, 0.3) is 0 Å². The second-order valence-corrected chi connectivity index (χ2v) is 12.8. The maximum atomic E-state index is 10.5. The van der Waals surface area contributed by atoms with Crippen LogP contribution in [0.3, 0.4) is 0 Å². The Morgan fingerprint density at radius 3 is 2.34 bits per heavy atom. The average molecular weight is 644 g/mol. The molecule has 4 rings (SSSR count). The minimum Gasteiger partial charge on any atom is -0.504 e. The number of phenolic OH excluding ortho intramolecular Hbond substituents is 1. The summed E-state index contributed by atoms with van der Waals surface area (Å²) in [7, 11) is 2.66. The molecule has 0 fully saturated rings. The number of phenols is 1. The van der Waals surface area contributed by atoms with Crippen molar-refractivity contribution < 1.29 is 20.2 Å². The lowest BCUT2D eigenvalue weighted by atomic mass is 10.0. The van der Waals surface area contributed by atoms with Gasteiger partial charge in [0.25, 0.3) is 0 Å². The van der Waals surface area contributed by atoms with Gasteiger partial charge < -0.3 is 25.5 Å². The van der Waals surface area contributed by atoms with Crippen molar-refractivity contribution >= 4 is 21.2 Å². The lowest BCUT2D eigenvalue weighted by molar-refractivity contribution is 0.109. The molecule has 5 unspecified atom stereocenters. The Morgan fingerprint density at radius 2 is 1.70 bits per heavy atom. The number of fused-ring (bicyclic) bond motifs is 1. The zero-order valence-electron chi connectivity index (χ0n) is 26.8. The van der Waals surface area contributed by atoms with Gasteiger partial charge in [0.15, 0.2) is 11.5 Å². The predicted molar refractivity (Wildman–Crippen MR) is 188 cm³/mol. The van der Waals surface area contributed by atoms with Gasteiger partial charge in [0.05, 0.1) is 24.8 Å². The summed E-state index contributed by atoms with van der Waals surface area (Å²) in [6.07, 6.45) is 5.47. The number of ether oxygens (including phenoxy) is 1. The first kappa shape index (κ1) is 38.0. The molecule has 6 N–H and O–H groups in total. The van der Waals surface area contributed by atoms with Crippen molar-refractivity contribution in [3.05, 3.63) is 89.5 Å². The Hall–Kier alpha value is -2.16. The molecule has 0 aromatic heterocycles. The van der Waals surface area contributed by atoms with Crippen molar-refractivity contribution in [2.45, 2.75) is 82.9 Å². The van der Waals surface area contributed by atoms with Gasteiger partial charge in [0.2, 0.25) is 0 Å². The van der Waals surface area contributed by atoms with Crippen LogP contribution in [0, 0.1) is 12.8 Å². The van der Waals surface area contributed by atoms with E-state index in [2.05, 4.69) is 76.7 Å². The molecule has 3 aromatic rings. The highest BCUT2D eigenvalue weighted by Gasteiger charge is 2.31. The first-order valence-corrected chi connectivity index (χ1v) is 17.4. The molecule has 5 atom stereocenters. The van der Waals surface area contributed by atoms with Crippen molar-refractivity contribution in [1.29, 1.82) is 0 Å². The van der Waals surface area contributed by atoms with E-state index in [9.17, 15) is 15.4 Å². The SMILES string of the molecule is CC(CNC1c2ccccc2CC1NO)CC(O)CNSc1ccc(O)c(OCCCP)c1.CCCC.Cc1ccccc1. The third-order valence-corrected chi connectivity index (χ3v) is 8.45. The number of nitrogens with one attached hydrogen (secondary N) is 3. The standard InChI is InChI=1S/C24H36N3O4PS.C7H8.C4H10/c1-16(14-25-24-20-6-3-2-5-17(20)12-21(24)27-30)11-18(28)15-26-33-19-7-8-22(29)23(13-19)31-9-4-10-32;1-7-5-3-2-4-6-7;1-3-4-2/h2-3,5-8,13,16,18,21,24-30H,4,9-12,14-15,32H2,1H3;2-6H,1H3;3-4H2,1-2H3. The van der Waals surface area contributed by atoms with Crippen LogP contribution in [-0.4, -0.2) is 53.4 Å². The zero-order chi connectivity index (χ0) is 32.2. The quantitative estimate of drug-likeness (QED) is 0.0453. The van der Waals surface area contributed by atoms with E-state index in [4.69, 9.17) is 4.74 Å². The van der Waals surface area contributed by atoms with Gasteiger partial charge in [0, 0.05) is 11.4 Å². The minimum atomic E-state index is -0.480. The smallest absolute Gasteiger partial charge is 0.162 e. The highest BCUT2D eigenvalue weighted by molar-refractivity contribution is 7.97. The fraction of sp³-hybridized carbons (Fsp3) is 0.486. The summed E-state index contributed by atoms with van der Waals surface area (Å²) < 4.78 is 8.83. The van der Waals surface area contributed by atoms with E-state index in [1.165, 1.54) is 41.5 Å². The summed E-state index contributed by atoms with van der Waals surface area (Å²) >= 11 is 1.41. The van der Waals surface area contributed by atoms with Crippen LogP contribution in [0.4, 0.5) is 0 Å². The molecule has 44 heavy (non-hydrogen) atoms. The Morgan fingerprint density at radius 1 is 1.00 bits per heavy atom. The van der Waals surface area contributed by atoms with E-state index in [0.29, 0.717) is 25.3 Å². The van der Waals surface area contributed by atoms with Crippen molar-refractivity contribution in [2.75, 3.05) is 25.9 Å². The first-order valence-electron chi connectivity index (χ1n) is 15.8. The summed E-state index contributed by atoms with van der Waals surface area (Å²) in [4.78, 5) is 0.915. The van der Waals surface area contributed by atoms with Crippen LogP contribution in [-0.2, 0) is 6.42 Å². The lowest BCUT2D eigenvalue weighted by Crippen LogP contribution is -2.40. The zero-order valence-corrected chi connectivity index (χ0v) is 28.8. The number of aromatic hydroxyl groups is 1. The molecule has 1 aliphatic carbocycles. The van der Waals surface area contributed by atoms with Gasteiger partial charge in [-0.1, -0.05) is 93.8 Å². The van der Waals surface area contributed by atoms with E-state index in [1.807, 2.05) is 36.4 Å². The summed E-state index contributed by atoms with van der Waals surface area (Å²) in [5.41, 5.74) is 6.24. The van der Waals surface area contributed by atoms with E-state index >= 15 is 0 Å². The Balaban J connectivity index is 0.000000517. The molecule has 0 spiro atoms. The van der Waals surface area contributed by atoms with Crippen LogP contribution in [0.15, 0.2) is 77.7 Å². The van der Waals surface area contributed by atoms with Crippen molar-refractivity contribution in [3.63, 3.8) is 0 Å². The maximum Gasteiger partial charge on any atom is 0.162 e. The number of benzene rings is 3.